The van der Waals surface area contributed by atoms with Gasteiger partial charge in [-0.3, -0.25) is 0 Å². The number of hydrogen-bond donors (Lipinski definition) is 1. The Bertz CT molecular complexity index is 433. The molecule has 0 aromatic carbocycles. The third-order valence-electron chi connectivity index (χ3n) is 2.81. The molecule has 2 aromatic heterocycles. The molecule has 2 rings (SSSR count). The zero-order valence-electron chi connectivity index (χ0n) is 10.4. The Morgan fingerprint density at radius 2 is 2.18 bits per heavy atom. The van der Waals surface area contributed by atoms with E-state index in [9.17, 15) is 0 Å². The Morgan fingerprint density at radius 1 is 1.29 bits per heavy atom. The van der Waals surface area contributed by atoms with Gasteiger partial charge in [-0.15, -0.1) is 11.3 Å². The Morgan fingerprint density at radius 3 is 2.76 bits per heavy atom. The van der Waals surface area contributed by atoms with Gasteiger partial charge in [0, 0.05) is 17.7 Å². The van der Waals surface area contributed by atoms with Crippen molar-refractivity contribution in [2.45, 2.75) is 32.7 Å². The first-order valence-electron chi connectivity index (χ1n) is 6.17. The highest BCUT2D eigenvalue weighted by molar-refractivity contribution is 7.09. The van der Waals surface area contributed by atoms with Crippen LogP contribution in [0.3, 0.4) is 0 Å². The van der Waals surface area contributed by atoms with Crippen LogP contribution in [0.4, 0.5) is 0 Å². The molecule has 1 N–H and O–H groups in total. The minimum Gasteiger partial charge on any atom is -0.464 e. The fourth-order valence-electron chi connectivity index (χ4n) is 1.92. The van der Waals surface area contributed by atoms with E-state index in [-0.39, 0.29) is 0 Å². The second kappa shape index (κ2) is 6.03. The molecule has 2 nitrogen and oxygen atoms in total. The van der Waals surface area contributed by atoms with Gasteiger partial charge < -0.3 is 9.73 Å². The summed E-state index contributed by atoms with van der Waals surface area (Å²) in [6.07, 6.45) is 1.96. The summed E-state index contributed by atoms with van der Waals surface area (Å²) in [4.78, 5) is 1.39. The molecule has 0 amide bonds. The minimum atomic E-state index is 0.291. The molecule has 0 fully saturated rings. The minimum absolute atomic E-state index is 0.291. The molecular weight excluding hydrogens is 230 g/mol. The molecule has 0 saturated heterocycles. The predicted octanol–water partition coefficient (Wildman–Crippen LogP) is 3.80. The van der Waals surface area contributed by atoms with Crippen molar-refractivity contribution < 1.29 is 4.42 Å². The molecule has 1 unspecified atom stereocenters. The molecular formula is C14H19NOS. The lowest BCUT2D eigenvalue weighted by Crippen LogP contribution is -2.22. The van der Waals surface area contributed by atoms with E-state index < -0.39 is 0 Å². The van der Waals surface area contributed by atoms with Crippen molar-refractivity contribution in [2.24, 2.45) is 0 Å². The van der Waals surface area contributed by atoms with E-state index in [1.807, 2.05) is 0 Å². The zero-order chi connectivity index (χ0) is 12.1. The van der Waals surface area contributed by atoms with Crippen molar-refractivity contribution in [3.05, 3.63) is 46.0 Å². The van der Waals surface area contributed by atoms with E-state index in [1.54, 1.807) is 11.3 Å². The van der Waals surface area contributed by atoms with E-state index in [1.165, 1.54) is 4.88 Å². The normalized spacial score (nSPS) is 12.8. The molecule has 0 saturated carbocycles. The first-order valence-corrected chi connectivity index (χ1v) is 7.05. The second-order valence-electron chi connectivity index (χ2n) is 4.05. The van der Waals surface area contributed by atoms with Crippen molar-refractivity contribution in [1.29, 1.82) is 0 Å². The topological polar surface area (TPSA) is 25.2 Å². The number of furan rings is 1. The van der Waals surface area contributed by atoms with E-state index in [0.717, 1.165) is 30.9 Å². The maximum absolute atomic E-state index is 5.84. The summed E-state index contributed by atoms with van der Waals surface area (Å²) in [7, 11) is 0. The van der Waals surface area contributed by atoms with Gasteiger partial charge >= 0.3 is 0 Å². The number of aryl methyl sites for hydroxylation is 1. The predicted molar refractivity (Wildman–Crippen MR) is 72.5 cm³/mol. The van der Waals surface area contributed by atoms with Gasteiger partial charge in [-0.25, -0.2) is 0 Å². The van der Waals surface area contributed by atoms with E-state index in [2.05, 4.69) is 48.8 Å². The summed E-state index contributed by atoms with van der Waals surface area (Å²) in [6.45, 7) is 5.20. The average molecular weight is 249 g/mol. The van der Waals surface area contributed by atoms with Crippen LogP contribution < -0.4 is 5.32 Å². The van der Waals surface area contributed by atoms with Crippen LogP contribution in [-0.4, -0.2) is 6.54 Å². The molecule has 92 valence electrons. The van der Waals surface area contributed by atoms with Crippen LogP contribution in [-0.2, 0) is 12.8 Å². The first-order chi connectivity index (χ1) is 8.33. The van der Waals surface area contributed by atoms with Crippen molar-refractivity contribution in [3.63, 3.8) is 0 Å². The highest BCUT2D eigenvalue weighted by atomic mass is 32.1. The Balaban J connectivity index is 2.10. The summed E-state index contributed by atoms with van der Waals surface area (Å²) in [5, 5.41) is 5.61. The van der Waals surface area contributed by atoms with Crippen LogP contribution in [0.25, 0.3) is 0 Å². The Hall–Kier alpha value is -1.06. The van der Waals surface area contributed by atoms with Gasteiger partial charge in [0.15, 0.2) is 0 Å². The summed E-state index contributed by atoms with van der Waals surface area (Å²) in [5.41, 5.74) is 0. The highest BCUT2D eigenvalue weighted by Crippen LogP contribution is 2.23. The molecule has 2 heterocycles. The van der Waals surface area contributed by atoms with Crippen LogP contribution in [0.5, 0.6) is 0 Å². The Kier molecular flexibility index (Phi) is 4.40. The molecule has 1 atom stereocenters. The second-order valence-corrected chi connectivity index (χ2v) is 5.08. The summed E-state index contributed by atoms with van der Waals surface area (Å²) < 4.78 is 5.84. The monoisotopic (exact) mass is 249 g/mol. The summed E-state index contributed by atoms with van der Waals surface area (Å²) >= 11 is 1.80. The van der Waals surface area contributed by atoms with Gasteiger partial charge in [-0.05, 0) is 30.1 Å². The standard InChI is InChI=1S/C14H19NOS/c1-3-11-7-8-14(16-11)13(15-4-2)10-12-6-5-9-17-12/h5-9,13,15H,3-4,10H2,1-2H3. The molecule has 2 aromatic rings. The van der Waals surface area contributed by atoms with E-state index in [0.29, 0.717) is 6.04 Å². The van der Waals surface area contributed by atoms with Crippen LogP contribution in [0.1, 0.15) is 36.3 Å². The lowest BCUT2D eigenvalue weighted by molar-refractivity contribution is 0.398. The van der Waals surface area contributed by atoms with Crippen molar-refractivity contribution in [1.82, 2.24) is 5.32 Å². The number of rotatable bonds is 6. The molecule has 3 heteroatoms. The first kappa shape index (κ1) is 12.4. The van der Waals surface area contributed by atoms with Gasteiger partial charge in [0.05, 0.1) is 6.04 Å². The van der Waals surface area contributed by atoms with Gasteiger partial charge in [0.1, 0.15) is 11.5 Å². The van der Waals surface area contributed by atoms with Crippen LogP contribution in [0, 0.1) is 0 Å². The van der Waals surface area contributed by atoms with Crippen LogP contribution in [0.15, 0.2) is 34.1 Å². The fourth-order valence-corrected chi connectivity index (χ4v) is 2.67. The molecule has 0 aliphatic rings. The number of likely N-dealkylation sites (N-methyl/N-ethyl adjacent to an activating group) is 1. The van der Waals surface area contributed by atoms with Crippen molar-refractivity contribution in [2.75, 3.05) is 6.54 Å². The third kappa shape index (κ3) is 3.20. The number of hydrogen-bond acceptors (Lipinski definition) is 3. The SMILES string of the molecule is CCNC(Cc1cccs1)c1ccc(CC)o1. The molecule has 0 aliphatic carbocycles. The van der Waals surface area contributed by atoms with Gasteiger partial charge in [-0.1, -0.05) is 19.9 Å². The smallest absolute Gasteiger partial charge is 0.121 e. The van der Waals surface area contributed by atoms with E-state index in [4.69, 9.17) is 4.42 Å². The molecule has 0 spiro atoms. The van der Waals surface area contributed by atoms with Crippen LogP contribution in [0.2, 0.25) is 0 Å². The van der Waals surface area contributed by atoms with Crippen LogP contribution >= 0.6 is 11.3 Å². The fraction of sp³-hybridized carbons (Fsp3) is 0.429. The molecule has 0 aliphatic heterocycles. The molecule has 0 bridgehead atoms. The summed E-state index contributed by atoms with van der Waals surface area (Å²) in [6, 6.07) is 8.74. The van der Waals surface area contributed by atoms with Crippen molar-refractivity contribution >= 4 is 11.3 Å². The Labute approximate surface area is 107 Å². The average Bonchev–Trinajstić information content (AvgIpc) is 2.99. The summed E-state index contributed by atoms with van der Waals surface area (Å²) in [5.74, 6) is 2.12. The third-order valence-corrected chi connectivity index (χ3v) is 3.71. The maximum atomic E-state index is 5.84. The molecule has 17 heavy (non-hydrogen) atoms. The number of thiophene rings is 1. The maximum Gasteiger partial charge on any atom is 0.121 e. The number of nitrogens with one attached hydrogen (secondary N) is 1. The lowest BCUT2D eigenvalue weighted by Gasteiger charge is -2.14. The van der Waals surface area contributed by atoms with Gasteiger partial charge in [0.25, 0.3) is 0 Å². The van der Waals surface area contributed by atoms with Gasteiger partial charge in [0.2, 0.25) is 0 Å². The van der Waals surface area contributed by atoms with Gasteiger partial charge in [-0.2, -0.15) is 0 Å². The largest absolute Gasteiger partial charge is 0.464 e. The zero-order valence-corrected chi connectivity index (χ0v) is 11.2. The highest BCUT2D eigenvalue weighted by Gasteiger charge is 2.15. The van der Waals surface area contributed by atoms with Crippen molar-refractivity contribution in [3.8, 4) is 0 Å². The molecule has 0 radical (unpaired) electrons. The lowest BCUT2D eigenvalue weighted by atomic mass is 10.1. The quantitative estimate of drug-likeness (QED) is 0.842. The van der Waals surface area contributed by atoms with E-state index >= 15 is 0 Å².